The number of nitrogens with zero attached hydrogens (tertiary/aromatic N) is 1. The molecule has 6 heteroatoms. The van der Waals surface area contributed by atoms with Crippen LogP contribution in [0.4, 0.5) is 0 Å². The van der Waals surface area contributed by atoms with Crippen molar-refractivity contribution >= 4 is 16.9 Å². The van der Waals surface area contributed by atoms with E-state index in [4.69, 9.17) is 4.74 Å². The van der Waals surface area contributed by atoms with Gasteiger partial charge in [-0.3, -0.25) is 4.79 Å². The van der Waals surface area contributed by atoms with Gasteiger partial charge in [-0.2, -0.15) is 0 Å². The lowest BCUT2D eigenvalue weighted by Crippen LogP contribution is -2.55. The molecule has 0 bridgehead atoms. The zero-order chi connectivity index (χ0) is 13.9. The maximum absolute atomic E-state index is 12.1. The Bertz CT molecular complexity index is 577. The molecule has 20 heavy (non-hydrogen) atoms. The molecule has 1 aromatic heterocycles. The lowest BCUT2D eigenvalue weighted by Gasteiger charge is -2.29. The molecule has 0 unspecified atom stereocenters. The smallest absolute Gasteiger partial charge is 0.240 e. The molecule has 106 valence electrons. The molecule has 1 saturated heterocycles. The predicted octanol–water partition coefficient (Wildman–Crippen LogP) is 0.556. The van der Waals surface area contributed by atoms with Crippen LogP contribution in [-0.4, -0.2) is 41.2 Å². The number of hydrogen-bond acceptors (Lipinski definition) is 4. The lowest BCUT2D eigenvalue weighted by molar-refractivity contribution is -0.129. The summed E-state index contributed by atoms with van der Waals surface area (Å²) >= 11 is 0. The third-order valence-corrected chi connectivity index (χ3v) is 3.47. The average molecular weight is 274 g/mol. The highest BCUT2D eigenvalue weighted by molar-refractivity contribution is 5.82. The van der Waals surface area contributed by atoms with Crippen molar-refractivity contribution in [1.29, 1.82) is 0 Å². The number of carbonyl (C=O) groups excluding carboxylic acids is 1. The van der Waals surface area contributed by atoms with Crippen molar-refractivity contribution in [3.05, 3.63) is 30.1 Å². The van der Waals surface area contributed by atoms with Gasteiger partial charge in [-0.1, -0.05) is 12.1 Å². The Hall–Kier alpha value is -1.92. The molecular weight excluding hydrogens is 256 g/mol. The molecule has 6 nitrogen and oxygen atoms in total. The number of nitrogens with one attached hydrogen (secondary N) is 3. The van der Waals surface area contributed by atoms with Crippen molar-refractivity contribution < 1.29 is 9.53 Å². The number of ether oxygens (including phenoxy) is 1. The molecule has 3 N–H and O–H groups in total. The van der Waals surface area contributed by atoms with Gasteiger partial charge >= 0.3 is 0 Å². The largest absolute Gasteiger partial charge is 0.375 e. The molecule has 1 aliphatic heterocycles. The Morgan fingerprint density at radius 2 is 2.35 bits per heavy atom. The van der Waals surface area contributed by atoms with Gasteiger partial charge in [-0.05, 0) is 19.1 Å². The summed E-state index contributed by atoms with van der Waals surface area (Å²) in [5.41, 5.74) is 1.88. The molecule has 2 atom stereocenters. The van der Waals surface area contributed by atoms with Crippen LogP contribution < -0.4 is 10.6 Å². The van der Waals surface area contributed by atoms with Gasteiger partial charge in [0, 0.05) is 6.54 Å². The Balaban J connectivity index is 1.62. The molecule has 1 aliphatic rings. The predicted molar refractivity (Wildman–Crippen MR) is 75.1 cm³/mol. The highest BCUT2D eigenvalue weighted by atomic mass is 16.5. The molecule has 0 saturated carbocycles. The Morgan fingerprint density at radius 3 is 3.15 bits per heavy atom. The number of hydrogen-bond donors (Lipinski definition) is 3. The molecule has 2 aromatic rings. The van der Waals surface area contributed by atoms with Crippen LogP contribution in [0.2, 0.25) is 0 Å². The summed E-state index contributed by atoms with van der Waals surface area (Å²) in [7, 11) is 0. The number of aromatic amines is 1. The van der Waals surface area contributed by atoms with Crippen LogP contribution in [-0.2, 0) is 16.1 Å². The number of benzene rings is 1. The number of aromatic nitrogens is 2. The summed E-state index contributed by atoms with van der Waals surface area (Å²) in [6.45, 7) is 3.64. The second-order valence-electron chi connectivity index (χ2n) is 4.93. The van der Waals surface area contributed by atoms with Gasteiger partial charge in [-0.15, -0.1) is 0 Å². The normalized spacial score (nSPS) is 22.9. The molecule has 2 heterocycles. The van der Waals surface area contributed by atoms with E-state index >= 15 is 0 Å². The number of amides is 1. The molecule has 1 amide bonds. The first-order chi connectivity index (χ1) is 9.74. The van der Waals surface area contributed by atoms with Crippen molar-refractivity contribution in [2.75, 3.05) is 13.2 Å². The highest BCUT2D eigenvalue weighted by Crippen LogP contribution is 2.10. The summed E-state index contributed by atoms with van der Waals surface area (Å²) in [6, 6.07) is 7.50. The number of para-hydroxylation sites is 2. The number of H-pyrrole nitrogens is 1. The van der Waals surface area contributed by atoms with Gasteiger partial charge in [0.2, 0.25) is 5.91 Å². The quantitative estimate of drug-likeness (QED) is 0.764. The van der Waals surface area contributed by atoms with Crippen molar-refractivity contribution in [2.45, 2.75) is 25.6 Å². The van der Waals surface area contributed by atoms with E-state index in [2.05, 4.69) is 20.6 Å². The minimum Gasteiger partial charge on any atom is -0.375 e. The Labute approximate surface area is 116 Å². The van der Waals surface area contributed by atoms with E-state index in [-0.39, 0.29) is 18.1 Å². The lowest BCUT2D eigenvalue weighted by atomic mass is 10.1. The van der Waals surface area contributed by atoms with Crippen molar-refractivity contribution in [2.24, 2.45) is 0 Å². The highest BCUT2D eigenvalue weighted by Gasteiger charge is 2.28. The number of carbonyl (C=O) groups is 1. The molecule has 0 radical (unpaired) electrons. The van der Waals surface area contributed by atoms with Crippen molar-refractivity contribution in [3.8, 4) is 0 Å². The van der Waals surface area contributed by atoms with E-state index in [0.717, 1.165) is 16.9 Å². The second kappa shape index (κ2) is 5.60. The molecule has 3 rings (SSSR count). The fourth-order valence-corrected chi connectivity index (χ4v) is 2.40. The fourth-order valence-electron chi connectivity index (χ4n) is 2.40. The topological polar surface area (TPSA) is 79.0 Å². The van der Waals surface area contributed by atoms with E-state index in [1.165, 1.54) is 0 Å². The third kappa shape index (κ3) is 2.66. The first-order valence-electron chi connectivity index (χ1n) is 6.80. The SMILES string of the molecule is C[C@H]1OCCN[C@@H]1C(=O)NCc1nc2ccccc2[nH]1. The monoisotopic (exact) mass is 274 g/mol. The molecule has 1 fully saturated rings. The fraction of sp³-hybridized carbons (Fsp3) is 0.429. The zero-order valence-corrected chi connectivity index (χ0v) is 11.3. The van der Waals surface area contributed by atoms with E-state index in [0.29, 0.717) is 19.7 Å². The minimum absolute atomic E-state index is 0.0577. The van der Waals surface area contributed by atoms with Crippen molar-refractivity contribution in [3.63, 3.8) is 0 Å². The van der Waals surface area contributed by atoms with E-state index in [1.807, 2.05) is 31.2 Å². The van der Waals surface area contributed by atoms with Gasteiger partial charge in [0.05, 0.1) is 30.3 Å². The van der Waals surface area contributed by atoms with E-state index in [1.54, 1.807) is 0 Å². The van der Waals surface area contributed by atoms with Crippen LogP contribution in [0, 0.1) is 0 Å². The standard InChI is InChI=1S/C14H18N4O2/c1-9-13(15-6-7-20-9)14(19)16-8-12-17-10-4-2-3-5-11(10)18-12/h2-5,9,13,15H,6-8H2,1H3,(H,16,19)(H,17,18)/t9-,13+/m1/s1. The van der Waals surface area contributed by atoms with Crippen LogP contribution in [0.5, 0.6) is 0 Å². The number of rotatable bonds is 3. The summed E-state index contributed by atoms with van der Waals surface area (Å²) in [5.74, 6) is 0.696. The first kappa shape index (κ1) is 13.1. The van der Waals surface area contributed by atoms with E-state index in [9.17, 15) is 4.79 Å². The molecule has 0 spiro atoms. The van der Waals surface area contributed by atoms with Crippen LogP contribution in [0.3, 0.4) is 0 Å². The van der Waals surface area contributed by atoms with Gasteiger partial charge in [0.1, 0.15) is 11.9 Å². The maximum Gasteiger partial charge on any atom is 0.240 e. The van der Waals surface area contributed by atoms with Gasteiger partial charge in [0.15, 0.2) is 0 Å². The molecular formula is C14H18N4O2. The van der Waals surface area contributed by atoms with Crippen LogP contribution in [0.15, 0.2) is 24.3 Å². The maximum atomic E-state index is 12.1. The number of imidazole rings is 1. The summed E-state index contributed by atoms with van der Waals surface area (Å²) < 4.78 is 5.46. The van der Waals surface area contributed by atoms with Crippen LogP contribution in [0.25, 0.3) is 11.0 Å². The van der Waals surface area contributed by atoms with Gasteiger partial charge < -0.3 is 20.4 Å². The first-order valence-corrected chi connectivity index (χ1v) is 6.80. The number of morpholine rings is 1. The zero-order valence-electron chi connectivity index (χ0n) is 11.3. The molecule has 0 aliphatic carbocycles. The summed E-state index contributed by atoms with van der Waals surface area (Å²) in [5, 5.41) is 6.05. The number of fused-ring (bicyclic) bond motifs is 1. The Kier molecular flexibility index (Phi) is 3.66. The second-order valence-corrected chi connectivity index (χ2v) is 4.93. The molecule has 1 aromatic carbocycles. The average Bonchev–Trinajstić information content (AvgIpc) is 2.88. The summed E-state index contributed by atoms with van der Waals surface area (Å²) in [4.78, 5) is 19.7. The Morgan fingerprint density at radius 1 is 1.50 bits per heavy atom. The van der Waals surface area contributed by atoms with Crippen molar-refractivity contribution in [1.82, 2.24) is 20.6 Å². The third-order valence-electron chi connectivity index (χ3n) is 3.47. The van der Waals surface area contributed by atoms with Gasteiger partial charge in [-0.25, -0.2) is 4.98 Å². The summed E-state index contributed by atoms with van der Waals surface area (Å²) in [6.07, 6.45) is -0.112. The minimum atomic E-state index is -0.298. The van der Waals surface area contributed by atoms with Crippen LogP contribution in [0.1, 0.15) is 12.7 Å². The van der Waals surface area contributed by atoms with Crippen LogP contribution >= 0.6 is 0 Å². The van der Waals surface area contributed by atoms with E-state index < -0.39 is 0 Å². The van der Waals surface area contributed by atoms with Gasteiger partial charge in [0.25, 0.3) is 0 Å².